The van der Waals surface area contributed by atoms with Crippen molar-refractivity contribution in [1.82, 2.24) is 9.80 Å². The highest BCUT2D eigenvalue weighted by atomic mass is 127. The lowest BCUT2D eigenvalue weighted by Gasteiger charge is -2.22. The summed E-state index contributed by atoms with van der Waals surface area (Å²) in [5.41, 5.74) is 0. The molecule has 18 heavy (non-hydrogen) atoms. The van der Waals surface area contributed by atoms with Crippen LogP contribution >= 0.6 is 90.4 Å². The van der Waals surface area contributed by atoms with Gasteiger partial charge in [-0.3, -0.25) is 0 Å². The lowest BCUT2D eigenvalue weighted by molar-refractivity contribution is 0.273. The Kier molecular flexibility index (Phi) is 18.8. The first kappa shape index (κ1) is 20.8. The normalized spacial score (nSPS) is 11.7. The van der Waals surface area contributed by atoms with Crippen LogP contribution in [-0.2, 0) is 0 Å². The summed E-state index contributed by atoms with van der Waals surface area (Å²) in [7, 11) is 0. The third-order valence-corrected chi connectivity index (χ3v) is 4.73. The smallest absolute Gasteiger partial charge is 0.0123 e. The Morgan fingerprint density at radius 1 is 0.444 bits per heavy atom. The molecule has 110 valence electrons. The van der Waals surface area contributed by atoms with Crippen LogP contribution < -0.4 is 0 Å². The first-order valence-corrected chi connectivity index (χ1v) is 12.6. The van der Waals surface area contributed by atoms with Crippen molar-refractivity contribution in [3.05, 3.63) is 0 Å². The molecule has 0 N–H and O–H groups in total. The van der Waals surface area contributed by atoms with Gasteiger partial charge in [-0.15, -0.1) is 0 Å². The molecule has 0 aliphatic carbocycles. The van der Waals surface area contributed by atoms with Gasteiger partial charge in [0, 0.05) is 43.9 Å². The second kappa shape index (κ2) is 16.2. The number of nitrogens with zero attached hydrogens (tertiary/aromatic N) is 2. The van der Waals surface area contributed by atoms with Gasteiger partial charge in [0.2, 0.25) is 0 Å². The van der Waals surface area contributed by atoms with E-state index in [9.17, 15) is 0 Å². The van der Waals surface area contributed by atoms with Crippen LogP contribution in [0.2, 0.25) is 0 Å². The fourth-order valence-electron chi connectivity index (χ4n) is 1.82. The Morgan fingerprint density at radius 3 is 0.944 bits per heavy atom. The summed E-state index contributed by atoms with van der Waals surface area (Å²) in [5.74, 6) is 0. The molecular weight excluding hydrogens is 680 g/mol. The highest BCUT2D eigenvalue weighted by Crippen LogP contribution is 2.02. The maximum absolute atomic E-state index is 2.61. The molecule has 2 nitrogen and oxygen atoms in total. The van der Waals surface area contributed by atoms with Crippen LogP contribution in [0.5, 0.6) is 0 Å². The molecule has 0 heterocycles. The summed E-state index contributed by atoms with van der Waals surface area (Å²) in [5, 5.41) is 0. The molecule has 0 spiro atoms. The molecule has 0 aliphatic heterocycles. The Morgan fingerprint density at radius 2 is 0.722 bits per heavy atom. The lowest BCUT2D eigenvalue weighted by atomic mass is 10.2. The monoisotopic (exact) mass is 704 g/mol. The summed E-state index contributed by atoms with van der Waals surface area (Å²) in [6.45, 7) is 7.61. The minimum Gasteiger partial charge on any atom is -0.302 e. The highest BCUT2D eigenvalue weighted by Gasteiger charge is 2.05. The molecule has 6 heteroatoms. The van der Waals surface area contributed by atoms with Crippen LogP contribution in [0.3, 0.4) is 0 Å². The SMILES string of the molecule is ICCN(CCI)CCCCN(CCI)CCI. The summed E-state index contributed by atoms with van der Waals surface area (Å²) in [6, 6.07) is 0. The molecule has 0 atom stereocenters. The van der Waals surface area contributed by atoms with Crippen molar-refractivity contribution in [1.29, 1.82) is 0 Å². The van der Waals surface area contributed by atoms with E-state index in [-0.39, 0.29) is 0 Å². The summed E-state index contributed by atoms with van der Waals surface area (Å²) in [4.78, 5) is 5.22. The van der Waals surface area contributed by atoms with Gasteiger partial charge < -0.3 is 9.80 Å². The van der Waals surface area contributed by atoms with Crippen LogP contribution in [0.15, 0.2) is 0 Å². The number of halogens is 4. The zero-order chi connectivity index (χ0) is 13.6. The van der Waals surface area contributed by atoms with Crippen molar-refractivity contribution >= 4 is 90.4 Å². The maximum Gasteiger partial charge on any atom is 0.0123 e. The minimum absolute atomic E-state index is 1.25. The predicted molar refractivity (Wildman–Crippen MR) is 118 cm³/mol. The average Bonchev–Trinajstić information content (AvgIpc) is 2.35. The van der Waals surface area contributed by atoms with E-state index in [1.54, 1.807) is 0 Å². The highest BCUT2D eigenvalue weighted by molar-refractivity contribution is 14.1. The van der Waals surface area contributed by atoms with Gasteiger partial charge in [0.25, 0.3) is 0 Å². The molecule has 0 amide bonds. The number of unbranched alkanes of at least 4 members (excludes halogenated alkanes) is 1. The topological polar surface area (TPSA) is 6.48 Å². The van der Waals surface area contributed by atoms with E-state index < -0.39 is 0 Å². The van der Waals surface area contributed by atoms with Gasteiger partial charge in [-0.2, -0.15) is 0 Å². The third-order valence-electron chi connectivity index (χ3n) is 2.80. The van der Waals surface area contributed by atoms with Gasteiger partial charge in [0.15, 0.2) is 0 Å². The molecule has 0 radical (unpaired) electrons. The van der Waals surface area contributed by atoms with Crippen molar-refractivity contribution in [2.24, 2.45) is 0 Å². The van der Waals surface area contributed by atoms with E-state index in [2.05, 4.69) is 100 Å². The Hall–Kier alpha value is 2.84. The molecule has 0 aromatic rings. The fourth-order valence-corrected chi connectivity index (χ4v) is 4.55. The van der Waals surface area contributed by atoms with Gasteiger partial charge >= 0.3 is 0 Å². The Bertz CT molecular complexity index is 142. The summed E-state index contributed by atoms with van der Waals surface area (Å²) < 4.78 is 5.02. The predicted octanol–water partition coefficient (Wildman–Crippen LogP) is 4.11. The summed E-state index contributed by atoms with van der Waals surface area (Å²) in [6.07, 6.45) is 2.71. The van der Waals surface area contributed by atoms with Crippen LogP contribution in [0, 0.1) is 0 Å². The van der Waals surface area contributed by atoms with Gasteiger partial charge in [0.1, 0.15) is 0 Å². The number of rotatable bonds is 13. The molecule has 0 unspecified atom stereocenters. The minimum atomic E-state index is 1.25. The summed E-state index contributed by atoms with van der Waals surface area (Å²) >= 11 is 9.93. The van der Waals surface area contributed by atoms with Crippen molar-refractivity contribution in [2.75, 3.05) is 57.0 Å². The van der Waals surface area contributed by atoms with E-state index in [1.807, 2.05) is 0 Å². The molecule has 0 aliphatic rings. The van der Waals surface area contributed by atoms with E-state index in [4.69, 9.17) is 0 Å². The third kappa shape index (κ3) is 12.6. The van der Waals surface area contributed by atoms with Gasteiger partial charge in [-0.1, -0.05) is 90.4 Å². The van der Waals surface area contributed by atoms with Crippen molar-refractivity contribution < 1.29 is 0 Å². The van der Waals surface area contributed by atoms with Crippen molar-refractivity contribution in [3.8, 4) is 0 Å². The number of hydrogen-bond donors (Lipinski definition) is 0. The largest absolute Gasteiger partial charge is 0.302 e. The standard InChI is InChI=1S/C12H24I4N2/c13-3-9-17(10-4-14)7-1-2-8-18(11-5-15)12-6-16/h1-12H2. The average molecular weight is 704 g/mol. The van der Waals surface area contributed by atoms with Crippen LogP contribution in [0.25, 0.3) is 0 Å². The number of alkyl halides is 4. The first-order chi connectivity index (χ1) is 8.78. The van der Waals surface area contributed by atoms with Crippen molar-refractivity contribution in [2.45, 2.75) is 12.8 Å². The number of hydrogen-bond acceptors (Lipinski definition) is 2. The Labute approximate surface area is 167 Å². The molecule has 0 rings (SSSR count). The second-order valence-electron chi connectivity index (χ2n) is 4.15. The van der Waals surface area contributed by atoms with Crippen LogP contribution in [0.4, 0.5) is 0 Å². The van der Waals surface area contributed by atoms with Crippen molar-refractivity contribution in [3.63, 3.8) is 0 Å². The van der Waals surface area contributed by atoms with E-state index in [1.165, 1.54) is 69.8 Å². The van der Waals surface area contributed by atoms with E-state index in [0.717, 1.165) is 0 Å². The molecule has 0 saturated carbocycles. The molecular formula is C12H24I4N2. The fraction of sp³-hybridized carbons (Fsp3) is 1.00. The van der Waals surface area contributed by atoms with Crippen LogP contribution in [-0.4, -0.2) is 66.8 Å². The van der Waals surface area contributed by atoms with E-state index >= 15 is 0 Å². The van der Waals surface area contributed by atoms with Gasteiger partial charge in [0.05, 0.1) is 0 Å². The molecule has 0 bridgehead atoms. The van der Waals surface area contributed by atoms with Gasteiger partial charge in [-0.05, 0) is 25.9 Å². The first-order valence-electron chi connectivity index (χ1n) is 6.47. The van der Waals surface area contributed by atoms with Gasteiger partial charge in [-0.25, -0.2) is 0 Å². The van der Waals surface area contributed by atoms with Crippen LogP contribution in [0.1, 0.15) is 12.8 Å². The quantitative estimate of drug-likeness (QED) is 0.162. The molecule has 0 aromatic heterocycles. The maximum atomic E-state index is 2.61. The molecule has 0 aromatic carbocycles. The lowest BCUT2D eigenvalue weighted by Crippen LogP contribution is -2.31. The zero-order valence-electron chi connectivity index (χ0n) is 10.9. The zero-order valence-corrected chi connectivity index (χ0v) is 19.5. The molecule has 0 fully saturated rings. The molecule has 0 saturated heterocycles. The van der Waals surface area contributed by atoms with E-state index in [0.29, 0.717) is 0 Å². The second-order valence-corrected chi connectivity index (χ2v) is 8.46. The Balaban J connectivity index is 3.66.